The topological polar surface area (TPSA) is 64.4 Å². The van der Waals surface area contributed by atoms with Crippen LogP contribution in [0.4, 0.5) is 0 Å². The SMILES string of the molecule is COc1cc(OC)c(OC)cc1/C=C(\C#N)c1nc(C)cs1. The molecule has 0 aliphatic carbocycles. The summed E-state index contributed by atoms with van der Waals surface area (Å²) in [6.07, 6.45) is 1.74. The molecule has 0 unspecified atom stereocenters. The van der Waals surface area contributed by atoms with Crippen LogP contribution in [0.5, 0.6) is 17.2 Å². The van der Waals surface area contributed by atoms with E-state index in [-0.39, 0.29) is 0 Å². The summed E-state index contributed by atoms with van der Waals surface area (Å²) in [5.74, 6) is 1.74. The maximum absolute atomic E-state index is 9.39. The van der Waals surface area contributed by atoms with E-state index in [1.807, 2.05) is 12.3 Å². The highest BCUT2D eigenvalue weighted by molar-refractivity contribution is 7.11. The van der Waals surface area contributed by atoms with Crippen molar-refractivity contribution in [3.8, 4) is 23.3 Å². The van der Waals surface area contributed by atoms with E-state index in [2.05, 4.69) is 11.1 Å². The lowest BCUT2D eigenvalue weighted by atomic mass is 10.1. The van der Waals surface area contributed by atoms with Crippen LogP contribution < -0.4 is 14.2 Å². The first kappa shape index (κ1) is 15.9. The Kier molecular flexibility index (Phi) is 5.02. The van der Waals surface area contributed by atoms with Crippen LogP contribution in [0.25, 0.3) is 11.6 Å². The summed E-state index contributed by atoms with van der Waals surface area (Å²) < 4.78 is 15.9. The van der Waals surface area contributed by atoms with Crippen molar-refractivity contribution in [1.29, 1.82) is 5.26 Å². The Hall–Kier alpha value is -2.52. The number of hydrogen-bond acceptors (Lipinski definition) is 6. The smallest absolute Gasteiger partial charge is 0.164 e. The molecule has 1 aromatic heterocycles. The van der Waals surface area contributed by atoms with E-state index >= 15 is 0 Å². The Morgan fingerprint density at radius 3 is 2.27 bits per heavy atom. The summed E-state index contributed by atoms with van der Waals surface area (Å²) >= 11 is 1.43. The van der Waals surface area contributed by atoms with Gasteiger partial charge in [-0.1, -0.05) is 0 Å². The predicted molar refractivity (Wildman–Crippen MR) is 86.4 cm³/mol. The van der Waals surface area contributed by atoms with E-state index in [1.54, 1.807) is 39.5 Å². The quantitative estimate of drug-likeness (QED) is 0.789. The number of ether oxygens (including phenoxy) is 3. The molecule has 114 valence electrons. The van der Waals surface area contributed by atoms with Crippen molar-refractivity contribution >= 4 is 23.0 Å². The standard InChI is InChI=1S/C16H16N2O3S/c1-10-9-22-16(18-10)12(8-17)5-11-6-14(20-3)15(21-4)7-13(11)19-2/h5-7,9H,1-4H3/b12-5+. The van der Waals surface area contributed by atoms with Gasteiger partial charge in [0.25, 0.3) is 0 Å². The molecule has 0 aliphatic heterocycles. The molecule has 0 saturated heterocycles. The summed E-state index contributed by atoms with van der Waals surface area (Å²) in [6, 6.07) is 5.68. The summed E-state index contributed by atoms with van der Waals surface area (Å²) in [5.41, 5.74) is 2.09. The van der Waals surface area contributed by atoms with Crippen LogP contribution in [0.3, 0.4) is 0 Å². The minimum atomic E-state index is 0.476. The first-order valence-electron chi connectivity index (χ1n) is 6.47. The predicted octanol–water partition coefficient (Wildman–Crippen LogP) is 3.54. The third-order valence-electron chi connectivity index (χ3n) is 3.01. The average molecular weight is 316 g/mol. The molecule has 2 rings (SSSR count). The van der Waals surface area contributed by atoms with Gasteiger partial charge in [0.05, 0.1) is 26.9 Å². The lowest BCUT2D eigenvalue weighted by molar-refractivity contribution is 0.348. The van der Waals surface area contributed by atoms with Gasteiger partial charge in [0.2, 0.25) is 0 Å². The molecule has 22 heavy (non-hydrogen) atoms. The molecule has 0 atom stereocenters. The third-order valence-corrected chi connectivity index (χ3v) is 4.00. The van der Waals surface area contributed by atoms with E-state index in [0.29, 0.717) is 27.8 Å². The first-order valence-corrected chi connectivity index (χ1v) is 7.35. The van der Waals surface area contributed by atoms with Gasteiger partial charge in [-0.05, 0) is 19.1 Å². The minimum absolute atomic E-state index is 0.476. The van der Waals surface area contributed by atoms with Gasteiger partial charge in [-0.3, -0.25) is 0 Å². The zero-order valence-electron chi connectivity index (χ0n) is 12.8. The molecule has 0 bridgehead atoms. The van der Waals surface area contributed by atoms with Crippen LogP contribution in [0, 0.1) is 18.3 Å². The van der Waals surface area contributed by atoms with E-state index in [4.69, 9.17) is 14.2 Å². The van der Waals surface area contributed by atoms with Gasteiger partial charge in [-0.25, -0.2) is 4.98 Å². The molecule has 1 aromatic carbocycles. The molecular weight excluding hydrogens is 300 g/mol. The van der Waals surface area contributed by atoms with Gasteiger partial charge in [0, 0.05) is 22.7 Å². The summed E-state index contributed by atoms with van der Waals surface area (Å²) in [7, 11) is 4.69. The van der Waals surface area contributed by atoms with Crippen molar-refractivity contribution in [2.24, 2.45) is 0 Å². The Bertz CT molecular complexity index is 744. The molecular formula is C16H16N2O3S. The second-order valence-electron chi connectivity index (χ2n) is 4.41. The fourth-order valence-electron chi connectivity index (χ4n) is 1.94. The Balaban J connectivity index is 2.55. The van der Waals surface area contributed by atoms with Gasteiger partial charge in [-0.2, -0.15) is 5.26 Å². The molecule has 1 heterocycles. The Morgan fingerprint density at radius 2 is 1.77 bits per heavy atom. The highest BCUT2D eigenvalue weighted by Gasteiger charge is 2.13. The molecule has 2 aromatic rings. The molecule has 0 fully saturated rings. The van der Waals surface area contributed by atoms with Gasteiger partial charge in [0.1, 0.15) is 16.8 Å². The van der Waals surface area contributed by atoms with Crippen molar-refractivity contribution in [2.45, 2.75) is 6.92 Å². The van der Waals surface area contributed by atoms with E-state index < -0.39 is 0 Å². The van der Waals surface area contributed by atoms with Crippen molar-refractivity contribution in [3.05, 3.63) is 33.8 Å². The fraction of sp³-hybridized carbons (Fsp3) is 0.250. The van der Waals surface area contributed by atoms with Gasteiger partial charge >= 0.3 is 0 Å². The van der Waals surface area contributed by atoms with Crippen LogP contribution in [0.2, 0.25) is 0 Å². The van der Waals surface area contributed by atoms with E-state index in [1.165, 1.54) is 11.3 Å². The number of benzene rings is 1. The van der Waals surface area contributed by atoms with Gasteiger partial charge in [-0.15, -0.1) is 11.3 Å². The average Bonchev–Trinajstić information content (AvgIpc) is 2.97. The number of allylic oxidation sites excluding steroid dienone is 1. The summed E-state index contributed by atoms with van der Waals surface area (Å²) in [4.78, 5) is 4.34. The number of aromatic nitrogens is 1. The maximum Gasteiger partial charge on any atom is 0.164 e. The highest BCUT2D eigenvalue weighted by Crippen LogP contribution is 2.36. The number of nitriles is 1. The van der Waals surface area contributed by atoms with Crippen molar-refractivity contribution in [2.75, 3.05) is 21.3 Å². The first-order chi connectivity index (χ1) is 10.6. The number of rotatable bonds is 5. The molecule has 0 spiro atoms. The van der Waals surface area contributed by atoms with Crippen LogP contribution in [0.15, 0.2) is 17.5 Å². The molecule has 0 amide bonds. The summed E-state index contributed by atoms with van der Waals surface area (Å²) in [6.45, 7) is 1.89. The van der Waals surface area contributed by atoms with E-state index in [9.17, 15) is 5.26 Å². The second kappa shape index (κ2) is 6.96. The number of hydrogen-bond donors (Lipinski definition) is 0. The van der Waals surface area contributed by atoms with Crippen LogP contribution in [-0.2, 0) is 0 Å². The summed E-state index contributed by atoms with van der Waals surface area (Å²) in [5, 5.41) is 12.0. The molecule has 5 nitrogen and oxygen atoms in total. The highest BCUT2D eigenvalue weighted by atomic mass is 32.1. The molecule has 0 N–H and O–H groups in total. The lowest BCUT2D eigenvalue weighted by Crippen LogP contribution is -1.95. The maximum atomic E-state index is 9.39. The molecule has 0 aliphatic rings. The molecule has 0 radical (unpaired) electrons. The normalized spacial score (nSPS) is 11.0. The largest absolute Gasteiger partial charge is 0.496 e. The Morgan fingerprint density at radius 1 is 1.14 bits per heavy atom. The zero-order chi connectivity index (χ0) is 16.1. The third kappa shape index (κ3) is 3.21. The minimum Gasteiger partial charge on any atom is -0.496 e. The van der Waals surface area contributed by atoms with Crippen LogP contribution >= 0.6 is 11.3 Å². The lowest BCUT2D eigenvalue weighted by Gasteiger charge is -2.12. The molecule has 0 saturated carbocycles. The Labute approximate surface area is 133 Å². The van der Waals surface area contributed by atoms with Crippen molar-refractivity contribution < 1.29 is 14.2 Å². The number of nitrogens with zero attached hydrogens (tertiary/aromatic N) is 2. The number of aryl methyl sites for hydroxylation is 1. The zero-order valence-corrected chi connectivity index (χ0v) is 13.7. The van der Waals surface area contributed by atoms with Crippen LogP contribution in [0.1, 0.15) is 16.3 Å². The second-order valence-corrected chi connectivity index (χ2v) is 5.27. The monoisotopic (exact) mass is 316 g/mol. The van der Waals surface area contributed by atoms with Crippen molar-refractivity contribution in [3.63, 3.8) is 0 Å². The van der Waals surface area contributed by atoms with E-state index in [0.717, 1.165) is 11.3 Å². The number of thiazole rings is 1. The van der Waals surface area contributed by atoms with Gasteiger partial charge in [0.15, 0.2) is 11.5 Å². The fourth-order valence-corrected chi connectivity index (χ4v) is 2.70. The number of methoxy groups -OCH3 is 3. The van der Waals surface area contributed by atoms with Crippen molar-refractivity contribution in [1.82, 2.24) is 4.98 Å². The van der Waals surface area contributed by atoms with Crippen LogP contribution in [-0.4, -0.2) is 26.3 Å². The molecule has 6 heteroatoms. The van der Waals surface area contributed by atoms with Gasteiger partial charge < -0.3 is 14.2 Å².